The van der Waals surface area contributed by atoms with E-state index in [1.54, 1.807) is 30.5 Å². The molecule has 2 rings (SSSR count). The lowest BCUT2D eigenvalue weighted by Gasteiger charge is -2.10. The van der Waals surface area contributed by atoms with Gasteiger partial charge >= 0.3 is 5.97 Å². The Morgan fingerprint density at radius 1 is 1.35 bits per heavy atom. The van der Waals surface area contributed by atoms with Crippen molar-refractivity contribution >= 4 is 61.3 Å². The maximum Gasteiger partial charge on any atom is 0.341 e. The molecule has 0 spiro atoms. The largest absolute Gasteiger partial charge is 0.480 e. The van der Waals surface area contributed by atoms with Crippen molar-refractivity contribution in [2.45, 2.75) is 6.92 Å². The average molecular weight is 462 g/mol. The van der Waals surface area contributed by atoms with Crippen LogP contribution in [0.5, 0.6) is 5.75 Å². The van der Waals surface area contributed by atoms with Crippen molar-refractivity contribution in [2.75, 3.05) is 6.61 Å². The Labute approximate surface area is 155 Å². The van der Waals surface area contributed by atoms with E-state index in [0.717, 1.165) is 15.7 Å². The van der Waals surface area contributed by atoms with Crippen LogP contribution < -0.4 is 4.74 Å². The van der Waals surface area contributed by atoms with Gasteiger partial charge in [-0.3, -0.25) is 4.99 Å². The van der Waals surface area contributed by atoms with E-state index in [1.807, 2.05) is 13.0 Å². The van der Waals surface area contributed by atoms with Crippen LogP contribution in [0.1, 0.15) is 11.1 Å². The zero-order valence-electron chi connectivity index (χ0n) is 12.0. The predicted octanol–water partition coefficient (Wildman–Crippen LogP) is 5.39. The van der Waals surface area contributed by atoms with Crippen molar-refractivity contribution in [3.8, 4) is 5.75 Å². The van der Waals surface area contributed by atoms with Gasteiger partial charge in [0.2, 0.25) is 0 Å². The number of aliphatic carboxylic acids is 1. The first-order valence-corrected chi connectivity index (χ1v) is 8.47. The molecule has 4 nitrogen and oxygen atoms in total. The van der Waals surface area contributed by atoms with E-state index in [9.17, 15) is 4.79 Å². The number of carboxylic acids is 1. The summed E-state index contributed by atoms with van der Waals surface area (Å²) < 4.78 is 6.79. The van der Waals surface area contributed by atoms with Gasteiger partial charge in [-0.15, -0.1) is 0 Å². The van der Waals surface area contributed by atoms with Crippen LogP contribution in [0.15, 0.2) is 44.3 Å². The zero-order chi connectivity index (χ0) is 17.0. The second-order valence-corrected chi connectivity index (χ2v) is 6.88. The second kappa shape index (κ2) is 7.95. The molecule has 0 atom stereocenters. The van der Waals surface area contributed by atoms with E-state index < -0.39 is 12.6 Å². The Hall–Kier alpha value is -1.37. The van der Waals surface area contributed by atoms with Gasteiger partial charge in [-0.25, -0.2) is 4.79 Å². The number of nitrogens with zero attached hydrogens (tertiary/aromatic N) is 1. The standard InChI is InChI=1S/C16H12Br2ClNO3/c1-9-2-3-12(19)6-14(9)20-7-10-4-11(17)5-13(18)16(10)23-8-15(21)22/h2-7H,8H2,1H3,(H,21,22). The third-order valence-corrected chi connectivity index (χ3v) is 4.17. The van der Waals surface area contributed by atoms with Crippen LogP contribution in [-0.2, 0) is 4.79 Å². The molecule has 1 N–H and O–H groups in total. The first-order valence-electron chi connectivity index (χ1n) is 6.50. The molecule has 2 aromatic carbocycles. The molecule has 23 heavy (non-hydrogen) atoms. The molecule has 0 amide bonds. The van der Waals surface area contributed by atoms with E-state index in [2.05, 4.69) is 36.9 Å². The molecule has 120 valence electrons. The summed E-state index contributed by atoms with van der Waals surface area (Å²) in [7, 11) is 0. The van der Waals surface area contributed by atoms with Crippen LogP contribution in [0.25, 0.3) is 0 Å². The predicted molar refractivity (Wildman–Crippen MR) is 98.4 cm³/mol. The molecule has 0 heterocycles. The summed E-state index contributed by atoms with van der Waals surface area (Å²) in [4.78, 5) is 15.2. The van der Waals surface area contributed by atoms with Crippen molar-refractivity contribution < 1.29 is 14.6 Å². The van der Waals surface area contributed by atoms with Crippen molar-refractivity contribution in [1.29, 1.82) is 0 Å². The van der Waals surface area contributed by atoms with Crippen LogP contribution in [0.3, 0.4) is 0 Å². The van der Waals surface area contributed by atoms with E-state index >= 15 is 0 Å². The average Bonchev–Trinajstić information content (AvgIpc) is 2.46. The van der Waals surface area contributed by atoms with E-state index in [-0.39, 0.29) is 0 Å². The number of carbonyl (C=O) groups is 1. The Morgan fingerprint density at radius 2 is 2.09 bits per heavy atom. The SMILES string of the molecule is Cc1ccc(Cl)cc1N=Cc1cc(Br)cc(Br)c1OCC(=O)O. The maximum atomic E-state index is 10.7. The van der Waals surface area contributed by atoms with E-state index in [1.165, 1.54) is 0 Å². The first-order chi connectivity index (χ1) is 10.9. The summed E-state index contributed by atoms with van der Waals surface area (Å²) in [6, 6.07) is 9.02. The molecule has 0 aliphatic heterocycles. The van der Waals surface area contributed by atoms with Gasteiger partial charge < -0.3 is 9.84 Å². The highest BCUT2D eigenvalue weighted by atomic mass is 79.9. The van der Waals surface area contributed by atoms with Gasteiger partial charge in [-0.1, -0.05) is 33.6 Å². The number of carboxylic acid groups (broad SMARTS) is 1. The summed E-state index contributed by atoms with van der Waals surface area (Å²) in [5.74, 6) is -0.632. The van der Waals surface area contributed by atoms with Crippen LogP contribution in [0, 0.1) is 6.92 Å². The lowest BCUT2D eigenvalue weighted by molar-refractivity contribution is -0.139. The zero-order valence-corrected chi connectivity index (χ0v) is 15.9. The molecule has 0 radical (unpaired) electrons. The summed E-state index contributed by atoms with van der Waals surface area (Å²) in [5, 5.41) is 9.39. The van der Waals surface area contributed by atoms with Crippen LogP contribution in [-0.4, -0.2) is 23.9 Å². The minimum atomic E-state index is -1.05. The molecule has 0 aliphatic carbocycles. The quantitative estimate of drug-likeness (QED) is 0.608. The molecular formula is C16H12Br2ClNO3. The molecule has 0 unspecified atom stereocenters. The summed E-state index contributed by atoms with van der Waals surface area (Å²) in [5.41, 5.74) is 2.36. The van der Waals surface area contributed by atoms with Gasteiger partial charge in [-0.05, 0) is 52.7 Å². The lowest BCUT2D eigenvalue weighted by atomic mass is 10.2. The monoisotopic (exact) mass is 459 g/mol. The van der Waals surface area contributed by atoms with Gasteiger partial charge in [0, 0.05) is 21.3 Å². The fraction of sp³-hybridized carbons (Fsp3) is 0.125. The fourth-order valence-electron chi connectivity index (χ4n) is 1.82. The summed E-state index contributed by atoms with van der Waals surface area (Å²) in [6.45, 7) is 1.50. The molecule has 0 saturated heterocycles. The number of benzene rings is 2. The highest BCUT2D eigenvalue weighted by Gasteiger charge is 2.11. The Morgan fingerprint density at radius 3 is 2.78 bits per heavy atom. The number of ether oxygens (including phenoxy) is 1. The molecule has 0 fully saturated rings. The van der Waals surface area contributed by atoms with E-state index in [4.69, 9.17) is 21.4 Å². The summed E-state index contributed by atoms with van der Waals surface area (Å²) >= 11 is 12.8. The number of rotatable bonds is 5. The number of aliphatic imine (C=N–C) groups is 1. The second-order valence-electron chi connectivity index (χ2n) is 4.68. The van der Waals surface area contributed by atoms with Crippen LogP contribution in [0.2, 0.25) is 5.02 Å². The first kappa shape index (κ1) is 18.0. The Balaban J connectivity index is 2.39. The van der Waals surface area contributed by atoms with Crippen molar-refractivity contribution in [3.63, 3.8) is 0 Å². The minimum Gasteiger partial charge on any atom is -0.480 e. The third-order valence-electron chi connectivity index (χ3n) is 2.89. The fourth-order valence-corrected chi connectivity index (χ4v) is 3.36. The number of halogens is 3. The van der Waals surface area contributed by atoms with Crippen molar-refractivity contribution in [1.82, 2.24) is 0 Å². The molecule has 0 aromatic heterocycles. The number of hydrogen-bond acceptors (Lipinski definition) is 3. The molecule has 0 aliphatic rings. The van der Waals surface area contributed by atoms with Crippen LogP contribution in [0.4, 0.5) is 5.69 Å². The van der Waals surface area contributed by atoms with Crippen LogP contribution >= 0.6 is 43.5 Å². The minimum absolute atomic E-state index is 0.416. The number of hydrogen-bond donors (Lipinski definition) is 1. The van der Waals surface area contributed by atoms with Gasteiger partial charge in [0.1, 0.15) is 5.75 Å². The highest BCUT2D eigenvalue weighted by molar-refractivity contribution is 9.11. The van der Waals surface area contributed by atoms with Crippen molar-refractivity contribution in [3.05, 3.63) is 55.4 Å². The smallest absolute Gasteiger partial charge is 0.341 e. The van der Waals surface area contributed by atoms with Gasteiger partial charge in [-0.2, -0.15) is 0 Å². The van der Waals surface area contributed by atoms with Gasteiger partial charge in [0.25, 0.3) is 0 Å². The maximum absolute atomic E-state index is 10.7. The van der Waals surface area contributed by atoms with Gasteiger partial charge in [0.15, 0.2) is 6.61 Å². The summed E-state index contributed by atoms with van der Waals surface area (Å²) in [6.07, 6.45) is 1.62. The molecule has 2 aromatic rings. The third kappa shape index (κ3) is 5.06. The lowest BCUT2D eigenvalue weighted by Crippen LogP contribution is -2.11. The topological polar surface area (TPSA) is 58.9 Å². The normalized spacial score (nSPS) is 11.0. The molecule has 7 heteroatoms. The Bertz CT molecular complexity index is 778. The molecular weight excluding hydrogens is 449 g/mol. The van der Waals surface area contributed by atoms with E-state index in [0.29, 0.717) is 20.8 Å². The van der Waals surface area contributed by atoms with Gasteiger partial charge in [0.05, 0.1) is 10.2 Å². The highest BCUT2D eigenvalue weighted by Crippen LogP contribution is 2.33. The molecule has 0 bridgehead atoms. The van der Waals surface area contributed by atoms with Crippen molar-refractivity contribution in [2.24, 2.45) is 4.99 Å². The molecule has 0 saturated carbocycles. The Kier molecular flexibility index (Phi) is 6.21. The number of aryl methyl sites for hydroxylation is 1.